The summed E-state index contributed by atoms with van der Waals surface area (Å²) in [6, 6.07) is 6.53. The van der Waals surface area contributed by atoms with Crippen LogP contribution in [-0.4, -0.2) is 40.8 Å². The van der Waals surface area contributed by atoms with Crippen molar-refractivity contribution in [1.82, 2.24) is 9.88 Å². The number of rotatable bonds is 5. The molecule has 0 aliphatic rings. The highest BCUT2D eigenvalue weighted by atomic mass is 31.1. The van der Waals surface area contributed by atoms with Crippen LogP contribution in [-0.2, 0) is 12.6 Å². The third-order valence-corrected chi connectivity index (χ3v) is 7.50. The fourth-order valence-electron chi connectivity index (χ4n) is 2.74. The Morgan fingerprint density at radius 2 is 1.48 bits per heavy atom. The lowest BCUT2D eigenvalue weighted by Gasteiger charge is -2.41. The van der Waals surface area contributed by atoms with Gasteiger partial charge in [0.2, 0.25) is 0 Å². The van der Waals surface area contributed by atoms with Crippen molar-refractivity contribution in [2.24, 2.45) is 0 Å². The predicted molar refractivity (Wildman–Crippen MR) is 96.6 cm³/mol. The monoisotopic (exact) mass is 308 g/mol. The van der Waals surface area contributed by atoms with Gasteiger partial charge in [0.05, 0.1) is 0 Å². The quantitative estimate of drug-likeness (QED) is 0.729. The summed E-state index contributed by atoms with van der Waals surface area (Å²) in [7, 11) is 4.10. The average Bonchev–Trinajstić information content (AvgIpc) is 2.31. The SMILES string of the molecule is CN(C)CCc1cccc(CP(C(C)(C)C)C(C)(C)C)n1. The Hall–Kier alpha value is -0.460. The van der Waals surface area contributed by atoms with Crippen molar-refractivity contribution in [3.05, 3.63) is 29.6 Å². The molecule has 0 spiro atoms. The largest absolute Gasteiger partial charge is 0.309 e. The van der Waals surface area contributed by atoms with Gasteiger partial charge in [0.15, 0.2) is 0 Å². The zero-order chi connectivity index (χ0) is 16.3. The summed E-state index contributed by atoms with van der Waals surface area (Å²) in [4.78, 5) is 7.11. The van der Waals surface area contributed by atoms with E-state index < -0.39 is 0 Å². The third-order valence-electron chi connectivity index (χ3n) is 3.62. The molecule has 0 bridgehead atoms. The maximum atomic E-state index is 4.90. The first-order chi connectivity index (χ1) is 9.50. The fraction of sp³-hybridized carbons (Fsp3) is 0.722. The summed E-state index contributed by atoms with van der Waals surface area (Å²) in [5, 5.41) is 0.712. The van der Waals surface area contributed by atoms with Crippen LogP contribution in [0.3, 0.4) is 0 Å². The van der Waals surface area contributed by atoms with E-state index in [1.165, 1.54) is 11.4 Å². The molecule has 3 heteroatoms. The summed E-state index contributed by atoms with van der Waals surface area (Å²) in [5.41, 5.74) is 2.49. The highest BCUT2D eigenvalue weighted by molar-refractivity contribution is 7.60. The molecule has 0 aliphatic carbocycles. The molecule has 0 fully saturated rings. The third kappa shape index (κ3) is 6.45. The van der Waals surface area contributed by atoms with Crippen molar-refractivity contribution in [2.45, 2.75) is 64.4 Å². The molecule has 1 aromatic rings. The maximum absolute atomic E-state index is 4.90. The van der Waals surface area contributed by atoms with Gasteiger partial charge < -0.3 is 4.90 Å². The van der Waals surface area contributed by atoms with E-state index >= 15 is 0 Å². The predicted octanol–water partition coefficient (Wildman–Crippen LogP) is 4.76. The number of pyridine rings is 1. The van der Waals surface area contributed by atoms with Crippen molar-refractivity contribution >= 4 is 7.92 Å². The van der Waals surface area contributed by atoms with Crippen LogP contribution < -0.4 is 0 Å². The molecule has 120 valence electrons. The molecule has 0 aromatic carbocycles. The van der Waals surface area contributed by atoms with Crippen LogP contribution in [0.25, 0.3) is 0 Å². The molecule has 1 rings (SSSR count). The minimum atomic E-state index is -0.126. The second kappa shape index (κ2) is 7.20. The van der Waals surface area contributed by atoms with E-state index in [0.717, 1.165) is 19.1 Å². The first-order valence-corrected chi connectivity index (χ1v) is 9.40. The molecular formula is C18H33N2P. The molecule has 0 aliphatic heterocycles. The Morgan fingerprint density at radius 3 is 1.95 bits per heavy atom. The topological polar surface area (TPSA) is 16.1 Å². The van der Waals surface area contributed by atoms with Crippen molar-refractivity contribution in [3.8, 4) is 0 Å². The molecule has 0 atom stereocenters. The molecule has 0 saturated heterocycles. The first kappa shape index (κ1) is 18.6. The fourth-order valence-corrected chi connectivity index (χ4v) is 6.20. The Morgan fingerprint density at radius 1 is 0.952 bits per heavy atom. The van der Waals surface area contributed by atoms with Crippen LogP contribution in [0.1, 0.15) is 52.9 Å². The van der Waals surface area contributed by atoms with Gasteiger partial charge in [-0.05, 0) is 36.5 Å². The van der Waals surface area contributed by atoms with E-state index in [1.807, 2.05) is 0 Å². The number of likely N-dealkylation sites (N-methyl/N-ethyl adjacent to an activating group) is 1. The number of hydrogen-bond acceptors (Lipinski definition) is 2. The number of nitrogens with zero attached hydrogens (tertiary/aromatic N) is 2. The van der Waals surface area contributed by atoms with Crippen LogP contribution in [0.5, 0.6) is 0 Å². The van der Waals surface area contributed by atoms with Gasteiger partial charge in [0.1, 0.15) is 0 Å². The van der Waals surface area contributed by atoms with Crippen LogP contribution in [0.15, 0.2) is 18.2 Å². The first-order valence-electron chi connectivity index (χ1n) is 7.87. The van der Waals surface area contributed by atoms with Crippen molar-refractivity contribution in [3.63, 3.8) is 0 Å². The lowest BCUT2D eigenvalue weighted by Crippen LogP contribution is -2.26. The normalized spacial score (nSPS) is 13.2. The van der Waals surface area contributed by atoms with E-state index in [4.69, 9.17) is 4.98 Å². The zero-order valence-corrected chi connectivity index (χ0v) is 16.1. The van der Waals surface area contributed by atoms with Gasteiger partial charge in [-0.2, -0.15) is 0 Å². The van der Waals surface area contributed by atoms with Gasteiger partial charge in [-0.15, -0.1) is 0 Å². The molecule has 21 heavy (non-hydrogen) atoms. The minimum absolute atomic E-state index is 0.126. The molecular weight excluding hydrogens is 275 g/mol. The van der Waals surface area contributed by atoms with Gasteiger partial charge in [0, 0.05) is 30.5 Å². The van der Waals surface area contributed by atoms with E-state index in [9.17, 15) is 0 Å². The Kier molecular flexibility index (Phi) is 6.37. The van der Waals surface area contributed by atoms with Crippen LogP contribution in [0.4, 0.5) is 0 Å². The van der Waals surface area contributed by atoms with Crippen LogP contribution in [0, 0.1) is 0 Å². The highest BCUT2D eigenvalue weighted by Gasteiger charge is 2.34. The second-order valence-electron chi connectivity index (χ2n) is 8.10. The van der Waals surface area contributed by atoms with E-state index in [-0.39, 0.29) is 7.92 Å². The lowest BCUT2D eigenvalue weighted by atomic mass is 10.2. The minimum Gasteiger partial charge on any atom is -0.309 e. The van der Waals surface area contributed by atoms with Gasteiger partial charge in [-0.3, -0.25) is 4.98 Å². The number of aromatic nitrogens is 1. The maximum Gasteiger partial charge on any atom is 0.0450 e. The van der Waals surface area contributed by atoms with Crippen molar-refractivity contribution < 1.29 is 0 Å². The lowest BCUT2D eigenvalue weighted by molar-refractivity contribution is 0.411. The smallest absolute Gasteiger partial charge is 0.0450 e. The van der Waals surface area contributed by atoms with Gasteiger partial charge in [-0.25, -0.2) is 0 Å². The van der Waals surface area contributed by atoms with Crippen LogP contribution >= 0.6 is 7.92 Å². The molecule has 0 unspecified atom stereocenters. The highest BCUT2D eigenvalue weighted by Crippen LogP contribution is 2.60. The van der Waals surface area contributed by atoms with Crippen LogP contribution in [0.2, 0.25) is 0 Å². The summed E-state index contributed by atoms with van der Waals surface area (Å²) >= 11 is 0. The zero-order valence-electron chi connectivity index (χ0n) is 15.2. The van der Waals surface area contributed by atoms with Gasteiger partial charge in [-0.1, -0.05) is 55.5 Å². The Labute approximate surface area is 133 Å². The van der Waals surface area contributed by atoms with E-state index in [2.05, 4.69) is 78.7 Å². The summed E-state index contributed by atoms with van der Waals surface area (Å²) < 4.78 is 0. The molecule has 0 saturated carbocycles. The second-order valence-corrected chi connectivity index (χ2v) is 12.0. The molecule has 0 radical (unpaired) electrons. The van der Waals surface area contributed by atoms with Crippen molar-refractivity contribution in [2.75, 3.05) is 20.6 Å². The van der Waals surface area contributed by atoms with Crippen molar-refractivity contribution in [1.29, 1.82) is 0 Å². The summed E-state index contributed by atoms with van der Waals surface area (Å²) in [5.74, 6) is 0. The standard InChI is InChI=1S/C18H33N2P/c1-17(2,3)21(18(4,5)6)14-16-11-9-10-15(19-16)12-13-20(7)8/h9-11H,12-14H2,1-8H3. The van der Waals surface area contributed by atoms with E-state index in [0.29, 0.717) is 10.3 Å². The Balaban J connectivity index is 2.88. The van der Waals surface area contributed by atoms with E-state index in [1.54, 1.807) is 0 Å². The Bertz CT molecular complexity index is 427. The number of hydrogen-bond donors (Lipinski definition) is 0. The summed E-state index contributed by atoms with van der Waals surface area (Å²) in [6.07, 6.45) is 2.15. The summed E-state index contributed by atoms with van der Waals surface area (Å²) in [6.45, 7) is 15.3. The molecule has 0 N–H and O–H groups in total. The molecule has 0 amide bonds. The average molecular weight is 308 g/mol. The van der Waals surface area contributed by atoms with Gasteiger partial charge in [0.25, 0.3) is 0 Å². The van der Waals surface area contributed by atoms with Gasteiger partial charge >= 0.3 is 0 Å². The molecule has 1 heterocycles. The molecule has 1 aromatic heterocycles. The molecule has 2 nitrogen and oxygen atoms in total.